The van der Waals surface area contributed by atoms with Gasteiger partial charge in [-0.25, -0.2) is 4.98 Å². The van der Waals surface area contributed by atoms with Crippen LogP contribution in [0.2, 0.25) is 0 Å². The summed E-state index contributed by atoms with van der Waals surface area (Å²) in [5, 5.41) is 16.9. The summed E-state index contributed by atoms with van der Waals surface area (Å²) in [6.45, 7) is 3.89. The summed E-state index contributed by atoms with van der Waals surface area (Å²) in [6.07, 6.45) is 0. The molecule has 3 N–H and O–H groups in total. The normalized spacial score (nSPS) is 10.7. The van der Waals surface area contributed by atoms with Crippen molar-refractivity contribution in [1.29, 1.82) is 0 Å². The number of para-hydroxylation sites is 1. The predicted octanol–water partition coefficient (Wildman–Crippen LogP) is 5.41. The molecule has 0 aliphatic heterocycles. The van der Waals surface area contributed by atoms with Gasteiger partial charge in [0.2, 0.25) is 0 Å². The molecule has 7 heteroatoms. The van der Waals surface area contributed by atoms with Gasteiger partial charge < -0.3 is 10.4 Å². The molecule has 150 valence electrons. The lowest BCUT2D eigenvalue weighted by atomic mass is 10.1. The molecule has 4 rings (SSSR count). The van der Waals surface area contributed by atoms with Gasteiger partial charge in [0.25, 0.3) is 5.91 Å². The second-order valence-electron chi connectivity index (χ2n) is 7.00. The smallest absolute Gasteiger partial charge is 0.257 e. The van der Waals surface area contributed by atoms with E-state index in [1.165, 1.54) is 11.3 Å². The van der Waals surface area contributed by atoms with E-state index in [0.29, 0.717) is 21.8 Å². The number of phenols is 1. The van der Waals surface area contributed by atoms with Crippen LogP contribution < -0.4 is 10.6 Å². The number of rotatable bonds is 3. The van der Waals surface area contributed by atoms with Gasteiger partial charge in [0.15, 0.2) is 5.11 Å². The zero-order valence-electron chi connectivity index (χ0n) is 16.4. The van der Waals surface area contributed by atoms with Crippen molar-refractivity contribution in [3.05, 3.63) is 77.4 Å². The zero-order valence-corrected chi connectivity index (χ0v) is 18.0. The number of aryl methyl sites for hydroxylation is 2. The number of aromatic nitrogens is 1. The molecular weight excluding hydrogens is 414 g/mol. The molecule has 4 aromatic rings. The number of nitrogens with one attached hydrogen (secondary N) is 2. The maximum atomic E-state index is 12.5. The number of thiazole rings is 1. The summed E-state index contributed by atoms with van der Waals surface area (Å²) >= 11 is 6.81. The maximum absolute atomic E-state index is 12.5. The van der Waals surface area contributed by atoms with Gasteiger partial charge in [-0.3, -0.25) is 10.1 Å². The van der Waals surface area contributed by atoms with Crippen molar-refractivity contribution in [2.45, 2.75) is 13.8 Å². The Kier molecular flexibility index (Phi) is 5.48. The number of amides is 1. The van der Waals surface area contributed by atoms with Crippen LogP contribution in [-0.4, -0.2) is 21.1 Å². The van der Waals surface area contributed by atoms with Gasteiger partial charge in [0.05, 0.1) is 15.8 Å². The molecule has 1 amide bonds. The second kappa shape index (κ2) is 8.22. The van der Waals surface area contributed by atoms with Crippen LogP contribution in [0.25, 0.3) is 20.8 Å². The number of hydrogen-bond acceptors (Lipinski definition) is 5. The lowest BCUT2D eigenvalue weighted by Crippen LogP contribution is -2.34. The predicted molar refractivity (Wildman–Crippen MR) is 126 cm³/mol. The highest BCUT2D eigenvalue weighted by Crippen LogP contribution is 2.36. The van der Waals surface area contributed by atoms with Gasteiger partial charge in [0.1, 0.15) is 10.8 Å². The first-order chi connectivity index (χ1) is 14.4. The molecule has 0 saturated carbocycles. The average Bonchev–Trinajstić information content (AvgIpc) is 3.12. The fraction of sp³-hybridized carbons (Fsp3) is 0.0870. The van der Waals surface area contributed by atoms with E-state index in [0.717, 1.165) is 21.3 Å². The van der Waals surface area contributed by atoms with Crippen molar-refractivity contribution in [2.24, 2.45) is 0 Å². The van der Waals surface area contributed by atoms with Crippen LogP contribution in [0.5, 0.6) is 5.75 Å². The van der Waals surface area contributed by atoms with E-state index in [2.05, 4.69) is 15.6 Å². The van der Waals surface area contributed by atoms with Crippen molar-refractivity contribution >= 4 is 50.5 Å². The summed E-state index contributed by atoms with van der Waals surface area (Å²) in [7, 11) is 0. The Bertz CT molecular complexity index is 1230. The van der Waals surface area contributed by atoms with E-state index in [1.54, 1.807) is 18.2 Å². The van der Waals surface area contributed by atoms with Crippen LogP contribution in [0.15, 0.2) is 60.7 Å². The van der Waals surface area contributed by atoms with Gasteiger partial charge >= 0.3 is 0 Å². The molecule has 0 aliphatic carbocycles. The fourth-order valence-electron chi connectivity index (χ4n) is 3.22. The van der Waals surface area contributed by atoms with Gasteiger partial charge in [0, 0.05) is 11.3 Å². The molecule has 0 fully saturated rings. The Balaban J connectivity index is 1.52. The van der Waals surface area contributed by atoms with E-state index in [9.17, 15) is 9.90 Å². The minimum absolute atomic E-state index is 0.129. The Morgan fingerprint density at radius 3 is 2.50 bits per heavy atom. The van der Waals surface area contributed by atoms with Crippen molar-refractivity contribution in [2.75, 3.05) is 5.32 Å². The molecule has 1 aromatic heterocycles. The van der Waals surface area contributed by atoms with Crippen molar-refractivity contribution in [3.63, 3.8) is 0 Å². The van der Waals surface area contributed by atoms with Crippen LogP contribution in [-0.2, 0) is 0 Å². The largest absolute Gasteiger partial charge is 0.507 e. The fourth-order valence-corrected chi connectivity index (χ4v) is 4.42. The van der Waals surface area contributed by atoms with Gasteiger partial charge in [-0.05, 0) is 68.5 Å². The minimum Gasteiger partial charge on any atom is -0.507 e. The average molecular weight is 434 g/mol. The highest BCUT2D eigenvalue weighted by Gasteiger charge is 2.13. The van der Waals surface area contributed by atoms with Crippen molar-refractivity contribution < 1.29 is 9.90 Å². The molecule has 1 heterocycles. The minimum atomic E-state index is -0.274. The number of fused-ring (bicyclic) bond motifs is 1. The first-order valence-corrected chi connectivity index (χ1v) is 10.5. The summed E-state index contributed by atoms with van der Waals surface area (Å²) in [5.74, 6) is -0.144. The number of anilines is 1. The molecule has 0 spiro atoms. The third kappa shape index (κ3) is 4.32. The number of carbonyl (C=O) groups excluding carboxylic acids is 1. The zero-order chi connectivity index (χ0) is 21.3. The summed E-state index contributed by atoms with van der Waals surface area (Å²) in [5.41, 5.74) is 4.71. The lowest BCUT2D eigenvalue weighted by Gasteiger charge is -2.12. The molecule has 30 heavy (non-hydrogen) atoms. The number of hydrogen-bond donors (Lipinski definition) is 3. The van der Waals surface area contributed by atoms with E-state index in [-0.39, 0.29) is 16.8 Å². The molecule has 0 atom stereocenters. The Morgan fingerprint density at radius 2 is 1.77 bits per heavy atom. The quantitative estimate of drug-likeness (QED) is 0.297. The molecule has 0 unspecified atom stereocenters. The third-order valence-electron chi connectivity index (χ3n) is 4.49. The van der Waals surface area contributed by atoms with Crippen LogP contribution in [0, 0.1) is 13.8 Å². The number of benzene rings is 3. The number of aromatic hydroxyl groups is 1. The Hall–Kier alpha value is -3.29. The Morgan fingerprint density at radius 1 is 1.03 bits per heavy atom. The highest BCUT2D eigenvalue weighted by molar-refractivity contribution is 7.80. The lowest BCUT2D eigenvalue weighted by molar-refractivity contribution is 0.0977. The molecule has 3 aromatic carbocycles. The van der Waals surface area contributed by atoms with Gasteiger partial charge in [-0.1, -0.05) is 29.3 Å². The summed E-state index contributed by atoms with van der Waals surface area (Å²) in [4.78, 5) is 17.1. The van der Waals surface area contributed by atoms with E-state index in [1.807, 2.05) is 56.3 Å². The van der Waals surface area contributed by atoms with Crippen molar-refractivity contribution in [3.8, 4) is 16.3 Å². The first-order valence-electron chi connectivity index (χ1n) is 9.28. The van der Waals surface area contributed by atoms with Crippen LogP contribution in [0.4, 0.5) is 5.69 Å². The molecule has 0 saturated heterocycles. The second-order valence-corrected chi connectivity index (χ2v) is 8.44. The van der Waals surface area contributed by atoms with E-state index < -0.39 is 0 Å². The molecular formula is C23H19N3O2S2. The summed E-state index contributed by atoms with van der Waals surface area (Å²) < 4.78 is 1.04. The topological polar surface area (TPSA) is 74.2 Å². The molecule has 0 radical (unpaired) electrons. The summed E-state index contributed by atoms with van der Waals surface area (Å²) in [6, 6.07) is 18.5. The van der Waals surface area contributed by atoms with Crippen LogP contribution in [0.3, 0.4) is 0 Å². The van der Waals surface area contributed by atoms with Gasteiger partial charge in [-0.2, -0.15) is 0 Å². The highest BCUT2D eigenvalue weighted by atomic mass is 32.1. The van der Waals surface area contributed by atoms with Crippen LogP contribution in [0.1, 0.15) is 21.5 Å². The van der Waals surface area contributed by atoms with Crippen LogP contribution >= 0.6 is 23.6 Å². The maximum Gasteiger partial charge on any atom is 0.257 e. The monoisotopic (exact) mass is 433 g/mol. The standard InChI is InChI=1S/C23H19N3O2S2/c1-13-9-14(2)11-15(10-13)21(28)26-23(29)24-16-7-8-19(27)17(12-16)22-25-18-5-3-4-6-20(18)30-22/h3-12,27H,1-2H3,(H2,24,26,28,29). The first kappa shape index (κ1) is 20.0. The number of carbonyl (C=O) groups is 1. The number of thiocarbonyl (C=S) groups is 1. The van der Waals surface area contributed by atoms with Crippen molar-refractivity contribution in [1.82, 2.24) is 10.3 Å². The number of nitrogens with zero attached hydrogens (tertiary/aromatic N) is 1. The Labute approximate surface area is 183 Å². The number of phenolic OH excluding ortho intramolecular Hbond substituents is 1. The molecule has 5 nitrogen and oxygen atoms in total. The van der Waals surface area contributed by atoms with Gasteiger partial charge in [-0.15, -0.1) is 11.3 Å². The molecule has 0 aliphatic rings. The molecule has 0 bridgehead atoms. The SMILES string of the molecule is Cc1cc(C)cc(C(=O)NC(=S)Nc2ccc(O)c(-c3nc4ccccc4s3)c2)c1. The third-order valence-corrected chi connectivity index (χ3v) is 5.76. The van der Waals surface area contributed by atoms with E-state index in [4.69, 9.17) is 12.2 Å². The van der Waals surface area contributed by atoms with E-state index >= 15 is 0 Å².